The molecule has 42 heavy (non-hydrogen) atoms. The van der Waals surface area contributed by atoms with Crippen molar-refractivity contribution in [2.75, 3.05) is 19.7 Å². The molecule has 1 aromatic carbocycles. The number of rotatable bonds is 5. The van der Waals surface area contributed by atoms with Crippen molar-refractivity contribution in [2.24, 2.45) is 5.92 Å². The Balaban J connectivity index is 1.05. The van der Waals surface area contributed by atoms with Crippen LogP contribution in [0.4, 0.5) is 8.78 Å². The van der Waals surface area contributed by atoms with Crippen LogP contribution in [0.2, 0.25) is 0 Å². The summed E-state index contributed by atoms with van der Waals surface area (Å²) in [6.07, 6.45) is 6.38. The molecule has 7 rings (SSSR count). The van der Waals surface area contributed by atoms with Gasteiger partial charge >= 0.3 is 0 Å². The molecule has 2 saturated heterocycles. The first-order valence-electron chi connectivity index (χ1n) is 13.9. The number of hydrogen-bond donors (Lipinski definition) is 0. The maximum Gasteiger partial charge on any atom is 0.278 e. The maximum absolute atomic E-state index is 14.6. The predicted molar refractivity (Wildman–Crippen MR) is 154 cm³/mol. The Hall–Kier alpha value is -3.12. The lowest BCUT2D eigenvalue weighted by Crippen LogP contribution is -2.61. The molecule has 3 aromatic rings. The van der Waals surface area contributed by atoms with Gasteiger partial charge in [0.25, 0.3) is 17.7 Å². The number of aromatic nitrogens is 3. The summed E-state index contributed by atoms with van der Waals surface area (Å²) < 4.78 is 37.2. The van der Waals surface area contributed by atoms with Gasteiger partial charge in [0, 0.05) is 43.2 Å². The van der Waals surface area contributed by atoms with E-state index in [1.165, 1.54) is 22.7 Å². The first kappa shape index (κ1) is 27.7. The van der Waals surface area contributed by atoms with Crippen LogP contribution in [-0.2, 0) is 17.8 Å². The zero-order valence-electron chi connectivity index (χ0n) is 22.8. The summed E-state index contributed by atoms with van der Waals surface area (Å²) in [7, 11) is 0. The van der Waals surface area contributed by atoms with Crippen LogP contribution >= 0.6 is 23.4 Å². The number of alkyl halides is 2. The zero-order chi connectivity index (χ0) is 29.2. The monoisotopic (exact) mass is 611 g/mol. The molecule has 2 fully saturated rings. The number of thioether (sulfide) groups is 1. The number of piperidine rings is 1. The Kier molecular flexibility index (Phi) is 6.76. The van der Waals surface area contributed by atoms with Crippen LogP contribution in [0.5, 0.6) is 0 Å². The molecule has 0 N–H and O–H groups in total. The second-order valence-electron chi connectivity index (χ2n) is 11.3. The largest absolute Gasteiger partial charge is 0.367 e. The number of pyridine rings is 1. The van der Waals surface area contributed by atoms with Crippen molar-refractivity contribution in [1.82, 2.24) is 24.6 Å². The first-order chi connectivity index (χ1) is 20.1. The number of halogens is 3. The Morgan fingerprint density at radius 3 is 2.48 bits per heavy atom. The van der Waals surface area contributed by atoms with Crippen LogP contribution < -0.4 is 0 Å². The SMILES string of the molecule is Cc1nn(-c2ncccc2CN2C(=O)c3ccccc3C2=O)cc1CN1CCC2(CC1)OCC(F)(F)C1C=C(Cl)SC12. The highest BCUT2D eigenvalue weighted by Crippen LogP contribution is 2.56. The van der Waals surface area contributed by atoms with Crippen molar-refractivity contribution in [3.63, 3.8) is 0 Å². The number of amides is 2. The van der Waals surface area contributed by atoms with Crippen molar-refractivity contribution in [1.29, 1.82) is 0 Å². The summed E-state index contributed by atoms with van der Waals surface area (Å²) in [5.74, 6) is -3.91. The lowest BCUT2D eigenvalue weighted by Gasteiger charge is -2.51. The molecule has 12 heteroatoms. The van der Waals surface area contributed by atoms with Gasteiger partial charge in [-0.3, -0.25) is 19.4 Å². The number of allylic oxidation sites excluding steroid dienone is 1. The van der Waals surface area contributed by atoms with E-state index >= 15 is 0 Å². The molecule has 4 aliphatic heterocycles. The highest BCUT2D eigenvalue weighted by atomic mass is 35.5. The molecule has 0 saturated carbocycles. The minimum Gasteiger partial charge on any atom is -0.367 e. The molecule has 0 bridgehead atoms. The number of hydrogen-bond acceptors (Lipinski definition) is 7. The van der Waals surface area contributed by atoms with Crippen molar-refractivity contribution < 1.29 is 23.1 Å². The number of carbonyl (C=O) groups is 2. The number of carbonyl (C=O) groups excluding carboxylic acids is 2. The smallest absolute Gasteiger partial charge is 0.278 e. The van der Waals surface area contributed by atoms with Gasteiger partial charge in [0.15, 0.2) is 5.82 Å². The van der Waals surface area contributed by atoms with Crippen LogP contribution in [0.15, 0.2) is 59.2 Å². The number of benzene rings is 1. The predicted octanol–water partition coefficient (Wildman–Crippen LogP) is 5.18. The molecule has 2 amide bonds. The Labute approximate surface area is 250 Å². The van der Waals surface area contributed by atoms with Crippen molar-refractivity contribution in [3.8, 4) is 5.82 Å². The summed E-state index contributed by atoms with van der Waals surface area (Å²) in [4.78, 5) is 34.0. The van der Waals surface area contributed by atoms with Gasteiger partial charge in [-0.15, -0.1) is 11.8 Å². The molecule has 1 spiro atoms. The number of ether oxygens (including phenoxy) is 1. The van der Waals surface area contributed by atoms with Gasteiger partial charge in [-0.2, -0.15) is 5.10 Å². The molecule has 2 aromatic heterocycles. The van der Waals surface area contributed by atoms with Crippen LogP contribution in [0.3, 0.4) is 0 Å². The molecular formula is C30H28ClF2N5O3S. The molecule has 0 radical (unpaired) electrons. The standard InChI is InChI=1S/C30H28ClF2N5O3S/c1-18-20(14-36-11-8-29(9-12-36)25-23(13-24(31)42-25)30(32,33)17-41-29)16-38(35-18)26-19(5-4-10-34-26)15-37-27(39)21-6-2-3-7-22(21)28(37)40/h2-7,10,13,16,23,25H,8-9,11-12,14-15,17H2,1H3. The fraction of sp³-hybridized carbons (Fsp3) is 0.400. The van der Waals surface area contributed by atoms with E-state index in [1.54, 1.807) is 41.2 Å². The molecule has 6 heterocycles. The molecule has 8 nitrogen and oxygen atoms in total. The summed E-state index contributed by atoms with van der Waals surface area (Å²) in [6, 6.07) is 10.4. The molecule has 218 valence electrons. The van der Waals surface area contributed by atoms with Gasteiger partial charge in [-0.1, -0.05) is 29.8 Å². The van der Waals surface area contributed by atoms with Crippen LogP contribution in [-0.4, -0.2) is 72.8 Å². The van der Waals surface area contributed by atoms with Gasteiger partial charge in [0.1, 0.15) is 6.61 Å². The number of fused-ring (bicyclic) bond motifs is 3. The van der Waals surface area contributed by atoms with Gasteiger partial charge < -0.3 is 4.74 Å². The Bertz CT molecular complexity index is 1580. The van der Waals surface area contributed by atoms with Gasteiger partial charge in [-0.25, -0.2) is 18.4 Å². The number of likely N-dealkylation sites (tertiary alicyclic amines) is 1. The third kappa shape index (κ3) is 4.57. The van der Waals surface area contributed by atoms with Crippen molar-refractivity contribution in [3.05, 3.63) is 87.2 Å². The summed E-state index contributed by atoms with van der Waals surface area (Å²) in [6.45, 7) is 3.48. The second kappa shape index (κ2) is 10.3. The van der Waals surface area contributed by atoms with E-state index < -0.39 is 24.0 Å². The van der Waals surface area contributed by atoms with E-state index in [-0.39, 0.29) is 23.6 Å². The maximum atomic E-state index is 14.6. The quantitative estimate of drug-likeness (QED) is 0.368. The topological polar surface area (TPSA) is 80.6 Å². The minimum absolute atomic E-state index is 0.0794. The normalized spacial score (nSPS) is 24.7. The first-order valence-corrected chi connectivity index (χ1v) is 15.1. The van der Waals surface area contributed by atoms with E-state index in [9.17, 15) is 18.4 Å². The number of imide groups is 1. The van der Waals surface area contributed by atoms with E-state index in [4.69, 9.17) is 21.4 Å². The molecular weight excluding hydrogens is 584 g/mol. The average Bonchev–Trinajstić information content (AvgIpc) is 3.64. The average molecular weight is 612 g/mol. The van der Waals surface area contributed by atoms with E-state index in [2.05, 4.69) is 9.88 Å². The third-order valence-electron chi connectivity index (χ3n) is 8.82. The minimum atomic E-state index is -2.91. The third-order valence-corrected chi connectivity index (χ3v) is 10.6. The van der Waals surface area contributed by atoms with Crippen LogP contribution in [0.1, 0.15) is 50.4 Å². The lowest BCUT2D eigenvalue weighted by atomic mass is 9.77. The fourth-order valence-corrected chi connectivity index (χ4v) is 8.32. The van der Waals surface area contributed by atoms with Gasteiger partial charge in [0.2, 0.25) is 0 Å². The summed E-state index contributed by atoms with van der Waals surface area (Å²) >= 11 is 7.50. The second-order valence-corrected chi connectivity index (χ2v) is 13.2. The zero-order valence-corrected chi connectivity index (χ0v) is 24.4. The van der Waals surface area contributed by atoms with E-state index in [1.807, 2.05) is 19.2 Å². The number of aryl methyl sites for hydroxylation is 1. The molecule has 2 atom stereocenters. The van der Waals surface area contributed by atoms with E-state index in [0.717, 1.165) is 11.3 Å². The van der Waals surface area contributed by atoms with Crippen molar-refractivity contribution >= 4 is 35.2 Å². The van der Waals surface area contributed by atoms with Crippen molar-refractivity contribution in [2.45, 2.75) is 49.6 Å². The molecule has 4 aliphatic rings. The highest BCUT2D eigenvalue weighted by Gasteiger charge is 2.60. The summed E-state index contributed by atoms with van der Waals surface area (Å²) in [5.41, 5.74) is 2.74. The van der Waals surface area contributed by atoms with Crippen LogP contribution in [0, 0.1) is 12.8 Å². The number of nitrogens with zero attached hydrogens (tertiary/aromatic N) is 5. The summed E-state index contributed by atoms with van der Waals surface area (Å²) in [5, 5.41) is 4.33. The molecule has 0 aliphatic carbocycles. The molecule has 2 unspecified atom stereocenters. The van der Waals surface area contributed by atoms with Gasteiger partial charge in [-0.05, 0) is 44.0 Å². The van der Waals surface area contributed by atoms with Crippen LogP contribution in [0.25, 0.3) is 5.82 Å². The lowest BCUT2D eigenvalue weighted by molar-refractivity contribution is -0.215. The van der Waals surface area contributed by atoms with E-state index in [0.29, 0.717) is 59.3 Å². The Morgan fingerprint density at radius 2 is 1.76 bits per heavy atom. The Morgan fingerprint density at radius 1 is 1.05 bits per heavy atom. The fourth-order valence-electron chi connectivity index (χ4n) is 6.49. The highest BCUT2D eigenvalue weighted by molar-refractivity contribution is 8.05. The van der Waals surface area contributed by atoms with Gasteiger partial charge in [0.05, 0.1) is 44.5 Å².